The molecule has 3 aromatic rings. The van der Waals surface area contributed by atoms with E-state index in [1.165, 1.54) is 24.8 Å². The van der Waals surface area contributed by atoms with Crippen LogP contribution in [0.25, 0.3) is 11.2 Å². The second kappa shape index (κ2) is 5.51. The van der Waals surface area contributed by atoms with Gasteiger partial charge in [0.2, 0.25) is 0 Å². The number of aromatic nitrogens is 4. The fourth-order valence-corrected chi connectivity index (χ4v) is 3.03. The van der Waals surface area contributed by atoms with Gasteiger partial charge in [0.1, 0.15) is 11.8 Å². The monoisotopic (exact) mass is 343 g/mol. The van der Waals surface area contributed by atoms with E-state index in [0.29, 0.717) is 11.2 Å². The van der Waals surface area contributed by atoms with Gasteiger partial charge < -0.3 is 0 Å². The molecule has 3 heterocycles. The van der Waals surface area contributed by atoms with Crippen LogP contribution in [0.15, 0.2) is 60.3 Å². The molecule has 25 heavy (non-hydrogen) atoms. The van der Waals surface area contributed by atoms with Crippen molar-refractivity contribution in [2.75, 3.05) is 0 Å². The minimum absolute atomic E-state index is 0.0329. The smallest absolute Gasteiger partial charge is 0.285 e. The molecule has 4 rings (SSSR count). The number of fused-ring (bicyclic) bond motifs is 1. The molecule has 0 radical (unpaired) electrons. The lowest BCUT2D eigenvalue weighted by molar-refractivity contribution is -0.138. The number of halogens is 3. The highest BCUT2D eigenvalue weighted by Crippen LogP contribution is 2.37. The summed E-state index contributed by atoms with van der Waals surface area (Å²) < 4.78 is 41.7. The van der Waals surface area contributed by atoms with Gasteiger partial charge in [-0.15, -0.1) is 0 Å². The van der Waals surface area contributed by atoms with Gasteiger partial charge >= 0.3 is 6.18 Å². The van der Waals surface area contributed by atoms with Crippen LogP contribution in [-0.2, 0) is 18.3 Å². The third-order valence-electron chi connectivity index (χ3n) is 4.15. The zero-order chi connectivity index (χ0) is 17.5. The van der Waals surface area contributed by atoms with E-state index < -0.39 is 17.4 Å². The van der Waals surface area contributed by atoms with Gasteiger partial charge in [-0.05, 0) is 23.8 Å². The Morgan fingerprint density at radius 1 is 1.12 bits per heavy atom. The third kappa shape index (κ3) is 2.59. The minimum Gasteiger partial charge on any atom is -0.285 e. The molecule has 0 bridgehead atoms. The van der Waals surface area contributed by atoms with Crippen molar-refractivity contribution in [1.29, 1.82) is 0 Å². The molecule has 0 amide bonds. The maximum absolute atomic E-state index is 13.3. The highest BCUT2D eigenvalue weighted by molar-refractivity contribution is 5.76. The summed E-state index contributed by atoms with van der Waals surface area (Å²) in [7, 11) is 0. The number of rotatable bonds is 3. The Labute approximate surface area is 140 Å². The van der Waals surface area contributed by atoms with Gasteiger partial charge in [-0.2, -0.15) is 13.2 Å². The molecule has 0 N–H and O–H groups in total. The van der Waals surface area contributed by atoms with E-state index in [1.807, 2.05) is 0 Å². The van der Waals surface area contributed by atoms with Crippen molar-refractivity contribution in [3.05, 3.63) is 66.4 Å². The van der Waals surface area contributed by atoms with Crippen LogP contribution in [0.1, 0.15) is 11.1 Å². The van der Waals surface area contributed by atoms with Crippen molar-refractivity contribution in [1.82, 2.24) is 19.5 Å². The number of nitrogens with zero attached hydrogens (tertiary/aromatic N) is 5. The fraction of sp³-hybridized carbons (Fsp3) is 0.176. The van der Waals surface area contributed by atoms with Crippen molar-refractivity contribution in [3.8, 4) is 0 Å². The fourth-order valence-electron chi connectivity index (χ4n) is 3.03. The lowest BCUT2D eigenvalue weighted by atomic mass is 9.95. The summed E-state index contributed by atoms with van der Waals surface area (Å²) in [5, 5.41) is 0. The summed E-state index contributed by atoms with van der Waals surface area (Å²) in [5.41, 5.74) is -0.465. The Balaban J connectivity index is 1.85. The predicted molar refractivity (Wildman–Crippen MR) is 86.1 cm³/mol. The van der Waals surface area contributed by atoms with Crippen molar-refractivity contribution in [2.45, 2.75) is 18.3 Å². The van der Waals surface area contributed by atoms with E-state index in [2.05, 4.69) is 19.9 Å². The Bertz CT molecular complexity index is 975. The maximum Gasteiger partial charge on any atom is 0.416 e. The van der Waals surface area contributed by atoms with E-state index >= 15 is 0 Å². The average molecular weight is 343 g/mol. The Hall–Kier alpha value is -3.03. The largest absolute Gasteiger partial charge is 0.416 e. The first-order valence-corrected chi connectivity index (χ1v) is 7.51. The molecule has 8 heteroatoms. The topological polar surface area (TPSA) is 56.0 Å². The number of aliphatic imine (C=N–C) groups is 1. The molecule has 2 aromatic heterocycles. The van der Waals surface area contributed by atoms with E-state index in [4.69, 9.17) is 0 Å². The molecule has 0 aliphatic carbocycles. The lowest BCUT2D eigenvalue weighted by Crippen LogP contribution is -2.31. The van der Waals surface area contributed by atoms with Crippen molar-refractivity contribution in [3.63, 3.8) is 0 Å². The average Bonchev–Trinajstić information content (AvgIpc) is 3.22. The third-order valence-corrected chi connectivity index (χ3v) is 4.15. The molecule has 0 fully saturated rings. The van der Waals surface area contributed by atoms with E-state index in [9.17, 15) is 13.2 Å². The molecule has 1 aliphatic heterocycles. The van der Waals surface area contributed by atoms with Crippen LogP contribution in [0.4, 0.5) is 13.2 Å². The molecule has 1 aliphatic rings. The molecule has 0 saturated heterocycles. The second-order valence-corrected chi connectivity index (χ2v) is 5.69. The summed E-state index contributed by atoms with van der Waals surface area (Å²) in [4.78, 5) is 16.8. The second-order valence-electron chi connectivity index (χ2n) is 5.69. The standard InChI is InChI=1S/C17H12F3N5/c18-17(19,20)13-5-2-1-4-12(13)8-16(6-3-7-24-16)25-11-23-14-9-21-10-22-15(14)25/h1-7,9-11H,8H2. The highest BCUT2D eigenvalue weighted by Gasteiger charge is 2.38. The molecular weight excluding hydrogens is 331 g/mol. The van der Waals surface area contributed by atoms with Crippen LogP contribution in [0.2, 0.25) is 0 Å². The van der Waals surface area contributed by atoms with E-state index in [-0.39, 0.29) is 12.0 Å². The molecule has 126 valence electrons. The maximum atomic E-state index is 13.3. The van der Waals surface area contributed by atoms with E-state index in [0.717, 1.165) is 6.07 Å². The molecule has 5 nitrogen and oxygen atoms in total. The summed E-state index contributed by atoms with van der Waals surface area (Å²) >= 11 is 0. The first kappa shape index (κ1) is 15.5. The van der Waals surface area contributed by atoms with Crippen LogP contribution < -0.4 is 0 Å². The van der Waals surface area contributed by atoms with Crippen LogP contribution in [0.5, 0.6) is 0 Å². The zero-order valence-corrected chi connectivity index (χ0v) is 12.9. The highest BCUT2D eigenvalue weighted by atomic mass is 19.4. The number of imidazole rings is 1. The lowest BCUT2D eigenvalue weighted by Gasteiger charge is -2.27. The van der Waals surface area contributed by atoms with Gasteiger partial charge in [0.25, 0.3) is 0 Å². The molecule has 0 spiro atoms. The Kier molecular flexibility index (Phi) is 3.41. The number of allylic oxidation sites excluding steroid dienone is 1. The number of hydrogen-bond acceptors (Lipinski definition) is 4. The van der Waals surface area contributed by atoms with Crippen LogP contribution in [0.3, 0.4) is 0 Å². The van der Waals surface area contributed by atoms with Crippen LogP contribution in [0, 0.1) is 0 Å². The summed E-state index contributed by atoms with van der Waals surface area (Å²) in [5.74, 6) is 0. The van der Waals surface area contributed by atoms with Gasteiger partial charge in [0.05, 0.1) is 18.1 Å². The Morgan fingerprint density at radius 2 is 1.96 bits per heavy atom. The van der Waals surface area contributed by atoms with Crippen LogP contribution in [-0.4, -0.2) is 25.7 Å². The number of benzene rings is 1. The molecule has 0 saturated carbocycles. The van der Waals surface area contributed by atoms with Crippen LogP contribution >= 0.6 is 0 Å². The van der Waals surface area contributed by atoms with Gasteiger partial charge in [-0.1, -0.05) is 18.2 Å². The summed E-state index contributed by atoms with van der Waals surface area (Å²) in [6, 6.07) is 5.53. The summed E-state index contributed by atoms with van der Waals surface area (Å²) in [6.07, 6.45) is 5.10. The van der Waals surface area contributed by atoms with Crippen molar-refractivity contribution < 1.29 is 13.2 Å². The van der Waals surface area contributed by atoms with Gasteiger partial charge in [-0.25, -0.2) is 15.0 Å². The molecule has 1 atom stereocenters. The molecule has 1 aromatic carbocycles. The number of hydrogen-bond donors (Lipinski definition) is 0. The van der Waals surface area contributed by atoms with E-state index in [1.54, 1.807) is 35.2 Å². The normalized spacial score (nSPS) is 19.8. The molecule has 1 unspecified atom stereocenters. The SMILES string of the molecule is FC(F)(F)c1ccccc1CC1(n2cnc3cncnc32)C=CC=N1. The van der Waals surface area contributed by atoms with Crippen molar-refractivity contribution >= 4 is 17.4 Å². The number of alkyl halides is 3. The first-order valence-electron chi connectivity index (χ1n) is 7.51. The van der Waals surface area contributed by atoms with Gasteiger partial charge in [0.15, 0.2) is 11.3 Å². The zero-order valence-electron chi connectivity index (χ0n) is 12.9. The van der Waals surface area contributed by atoms with Gasteiger partial charge in [0, 0.05) is 12.6 Å². The van der Waals surface area contributed by atoms with Gasteiger partial charge in [-0.3, -0.25) is 9.56 Å². The quantitative estimate of drug-likeness (QED) is 0.733. The predicted octanol–water partition coefficient (Wildman–Crippen LogP) is 3.38. The first-order chi connectivity index (χ1) is 12.0. The minimum atomic E-state index is -4.43. The van der Waals surface area contributed by atoms with Crippen molar-refractivity contribution in [2.24, 2.45) is 4.99 Å². The summed E-state index contributed by atoms with van der Waals surface area (Å²) in [6.45, 7) is 0. The Morgan fingerprint density at radius 3 is 2.72 bits per heavy atom. The molecular formula is C17H12F3N5.